The predicted octanol–water partition coefficient (Wildman–Crippen LogP) is -0.0591. The first-order chi connectivity index (χ1) is 3.77. The largest absolute Gasteiger partial charge is 0.446 e. The molecule has 0 aliphatic rings. The van der Waals surface area contributed by atoms with Gasteiger partial charge in [-0.25, -0.2) is 9.90 Å². The molecule has 0 aliphatic heterocycles. The summed E-state index contributed by atoms with van der Waals surface area (Å²) in [5, 5.41) is 9.61. The third kappa shape index (κ3) is 4.83. The Morgan fingerprint density at radius 1 is 1.75 bits per heavy atom. The lowest BCUT2D eigenvalue weighted by molar-refractivity contribution is -0.143. The number of hydrogen-bond acceptors (Lipinski definition) is 2. The van der Waals surface area contributed by atoms with Crippen molar-refractivity contribution in [3.05, 3.63) is 0 Å². The lowest BCUT2D eigenvalue weighted by Gasteiger charge is -1.87. The van der Waals surface area contributed by atoms with Crippen molar-refractivity contribution in [2.45, 2.75) is 6.42 Å². The first kappa shape index (κ1) is 6.83. The molecule has 8 heavy (non-hydrogen) atoms. The van der Waals surface area contributed by atoms with Crippen LogP contribution in [0.15, 0.2) is 0 Å². The normalized spacial score (nSPS) is 7.38. The van der Waals surface area contributed by atoms with Crippen LogP contribution in [0.3, 0.4) is 0 Å². The van der Waals surface area contributed by atoms with Gasteiger partial charge in [-0.05, 0) is 0 Å². The van der Waals surface area contributed by atoms with Crippen LogP contribution in [-0.2, 0) is 14.6 Å². The van der Waals surface area contributed by atoms with E-state index in [0.29, 0.717) is 0 Å². The highest BCUT2D eigenvalue weighted by atomic mass is 16.5. The Bertz CT molecular complexity index is 111. The summed E-state index contributed by atoms with van der Waals surface area (Å²) in [6, 6.07) is 0. The van der Waals surface area contributed by atoms with Gasteiger partial charge in [0.25, 0.3) is 0 Å². The van der Waals surface area contributed by atoms with E-state index in [1.807, 2.05) is 6.11 Å². The summed E-state index contributed by atoms with van der Waals surface area (Å²) in [6.45, 7) is 0.0266. The minimum atomic E-state index is -1.15. The molecule has 1 radical (unpaired) electrons. The van der Waals surface area contributed by atoms with Gasteiger partial charge in [0.05, 0.1) is 6.42 Å². The summed E-state index contributed by atoms with van der Waals surface area (Å²) in [4.78, 5) is 9.61. The number of rotatable bonds is 3. The van der Waals surface area contributed by atoms with Gasteiger partial charge < -0.3 is 4.74 Å². The summed E-state index contributed by atoms with van der Waals surface area (Å²) in [5.74, 6) is -1.15. The zero-order valence-electron chi connectivity index (χ0n) is 4.22. The maximum Gasteiger partial charge on any atom is 0.359 e. The molecule has 0 aromatic rings. The van der Waals surface area contributed by atoms with Gasteiger partial charge in [0.2, 0.25) is 0 Å². The van der Waals surface area contributed by atoms with E-state index in [1.54, 1.807) is 0 Å². The fourth-order valence-corrected chi connectivity index (χ4v) is 0.193. The molecule has 3 heteroatoms. The van der Waals surface area contributed by atoms with Gasteiger partial charge in [-0.2, -0.15) is 0 Å². The average molecular weight is 113 g/mol. The predicted molar refractivity (Wildman–Crippen MR) is 25.1 cm³/mol. The van der Waals surface area contributed by atoms with Gasteiger partial charge in [0, 0.05) is 0 Å². The fraction of sp³-hybridized carbons (Fsp3) is 0.400. The van der Waals surface area contributed by atoms with Crippen molar-refractivity contribution in [2.24, 2.45) is 0 Å². The quantitative estimate of drug-likeness (QED) is 0.380. The van der Waals surface area contributed by atoms with E-state index >= 15 is 0 Å². The molecule has 0 heterocycles. The van der Waals surface area contributed by atoms with Crippen molar-refractivity contribution in [1.82, 2.24) is 0 Å². The second kappa shape index (κ2) is 4.00. The molecule has 43 valence electrons. The standard InChI is InChI=1S/C5H5O3/c1-2-8-4-3-5(6)7/h1H,3-4H2. The SMILES string of the molecule is C#COCCC([O])=O. The molecule has 0 atom stereocenters. The topological polar surface area (TPSA) is 46.2 Å². The fourth-order valence-electron chi connectivity index (χ4n) is 0.193. The van der Waals surface area contributed by atoms with Gasteiger partial charge in [-0.15, -0.1) is 0 Å². The van der Waals surface area contributed by atoms with Crippen molar-refractivity contribution in [3.63, 3.8) is 0 Å². The minimum Gasteiger partial charge on any atom is -0.446 e. The Balaban J connectivity index is 2.97. The highest BCUT2D eigenvalue weighted by Gasteiger charge is 1.96. The highest BCUT2D eigenvalue weighted by Crippen LogP contribution is 1.79. The van der Waals surface area contributed by atoms with Crippen molar-refractivity contribution in [1.29, 1.82) is 0 Å². The summed E-state index contributed by atoms with van der Waals surface area (Å²) in [6.07, 6.45) is 6.31. The number of carbonyl (C=O) groups is 1. The molecule has 0 rings (SSSR count). The molecule has 0 spiro atoms. The smallest absolute Gasteiger partial charge is 0.359 e. The molecule has 0 N–H and O–H groups in total. The first-order valence-electron chi connectivity index (χ1n) is 2.04. The van der Waals surface area contributed by atoms with Crippen molar-refractivity contribution in [2.75, 3.05) is 6.61 Å². The zero-order chi connectivity index (χ0) is 6.41. The van der Waals surface area contributed by atoms with Gasteiger partial charge in [0.1, 0.15) is 12.7 Å². The Morgan fingerprint density at radius 3 is 2.75 bits per heavy atom. The highest BCUT2D eigenvalue weighted by molar-refractivity contribution is 5.66. The molecule has 0 aromatic carbocycles. The summed E-state index contributed by atoms with van der Waals surface area (Å²) >= 11 is 0. The number of hydrogen-bond donors (Lipinski definition) is 0. The van der Waals surface area contributed by atoms with E-state index in [9.17, 15) is 9.90 Å². The van der Waals surface area contributed by atoms with E-state index < -0.39 is 5.97 Å². The minimum absolute atomic E-state index is 0.0266. The second-order valence-corrected chi connectivity index (χ2v) is 1.09. The summed E-state index contributed by atoms with van der Waals surface area (Å²) < 4.78 is 4.25. The van der Waals surface area contributed by atoms with Crippen molar-refractivity contribution >= 4 is 5.97 Å². The van der Waals surface area contributed by atoms with E-state index in [0.717, 1.165) is 0 Å². The molecule has 0 amide bonds. The van der Waals surface area contributed by atoms with Crippen LogP contribution in [0.5, 0.6) is 0 Å². The van der Waals surface area contributed by atoms with E-state index in [2.05, 4.69) is 11.2 Å². The van der Waals surface area contributed by atoms with Crippen molar-refractivity contribution in [3.8, 4) is 12.5 Å². The first-order valence-corrected chi connectivity index (χ1v) is 2.04. The third-order valence-electron chi connectivity index (χ3n) is 0.492. The summed E-state index contributed by atoms with van der Waals surface area (Å²) in [5.41, 5.74) is 0. The van der Waals surface area contributed by atoms with E-state index in [-0.39, 0.29) is 13.0 Å². The molecule has 0 aliphatic carbocycles. The maximum atomic E-state index is 9.61. The molecular weight excluding hydrogens is 108 g/mol. The van der Waals surface area contributed by atoms with Gasteiger partial charge in [-0.1, -0.05) is 6.42 Å². The average Bonchev–Trinajstić information content (AvgIpc) is 1.66. The number of ether oxygens (including phenoxy) is 1. The van der Waals surface area contributed by atoms with Crippen LogP contribution in [0.2, 0.25) is 0 Å². The Morgan fingerprint density at radius 2 is 2.38 bits per heavy atom. The molecular formula is C5H5O3. The van der Waals surface area contributed by atoms with Gasteiger partial charge >= 0.3 is 5.97 Å². The second-order valence-electron chi connectivity index (χ2n) is 1.09. The van der Waals surface area contributed by atoms with Crippen LogP contribution in [-0.4, -0.2) is 12.6 Å². The molecule has 3 nitrogen and oxygen atoms in total. The Hall–Kier alpha value is -1.17. The molecule has 0 fully saturated rings. The van der Waals surface area contributed by atoms with Crippen LogP contribution in [0.1, 0.15) is 6.42 Å². The van der Waals surface area contributed by atoms with Gasteiger partial charge in [-0.3, -0.25) is 0 Å². The van der Waals surface area contributed by atoms with Crippen LogP contribution in [0.25, 0.3) is 0 Å². The lowest BCUT2D eigenvalue weighted by Crippen LogP contribution is -1.97. The molecule has 0 saturated carbocycles. The molecule has 0 aromatic heterocycles. The van der Waals surface area contributed by atoms with E-state index in [1.165, 1.54) is 0 Å². The molecule has 0 bridgehead atoms. The van der Waals surface area contributed by atoms with Crippen LogP contribution in [0, 0.1) is 12.5 Å². The third-order valence-corrected chi connectivity index (χ3v) is 0.492. The van der Waals surface area contributed by atoms with Crippen molar-refractivity contribution < 1.29 is 14.6 Å². The van der Waals surface area contributed by atoms with E-state index in [4.69, 9.17) is 0 Å². The Labute approximate surface area is 47.3 Å². The monoisotopic (exact) mass is 113 g/mol. The maximum absolute atomic E-state index is 9.61. The molecule has 0 unspecified atom stereocenters. The molecule has 0 saturated heterocycles. The van der Waals surface area contributed by atoms with Crippen LogP contribution >= 0.6 is 0 Å². The van der Waals surface area contributed by atoms with Gasteiger partial charge in [0.15, 0.2) is 0 Å². The lowest BCUT2D eigenvalue weighted by atomic mass is 10.5. The zero-order valence-corrected chi connectivity index (χ0v) is 4.22. The summed E-state index contributed by atoms with van der Waals surface area (Å²) in [7, 11) is 0. The van der Waals surface area contributed by atoms with Crippen LogP contribution in [0.4, 0.5) is 0 Å². The van der Waals surface area contributed by atoms with Crippen LogP contribution < -0.4 is 0 Å². The Kier molecular flexibility index (Phi) is 3.42. The number of carbonyl (C=O) groups excluding carboxylic acids is 1. The number of terminal acetylenes is 1.